The second-order valence-electron chi connectivity index (χ2n) is 6.15. The first-order valence-corrected chi connectivity index (χ1v) is 9.13. The fourth-order valence-corrected chi connectivity index (χ4v) is 3.99. The smallest absolute Gasteiger partial charge is 0.240 e. The maximum Gasteiger partial charge on any atom is 0.240 e. The maximum atomic E-state index is 13.5. The first kappa shape index (κ1) is 17.9. The quantitative estimate of drug-likeness (QED) is 0.843. The minimum Gasteiger partial charge on any atom is -0.341 e. The molecule has 0 saturated carbocycles. The van der Waals surface area contributed by atoms with Crippen LogP contribution >= 0.6 is 11.8 Å². The molecule has 1 unspecified atom stereocenters. The van der Waals surface area contributed by atoms with Crippen LogP contribution in [0.5, 0.6) is 0 Å². The van der Waals surface area contributed by atoms with Crippen LogP contribution in [0.1, 0.15) is 23.7 Å². The number of nitrogens with zero attached hydrogens (tertiary/aromatic N) is 1. The summed E-state index contributed by atoms with van der Waals surface area (Å²) in [6, 6.07) is 13.2. The van der Waals surface area contributed by atoms with E-state index in [1.54, 1.807) is 0 Å². The number of hydrogen-bond donors (Lipinski definition) is 1. The highest BCUT2D eigenvalue weighted by atomic mass is 32.2. The van der Waals surface area contributed by atoms with Crippen LogP contribution in [0.25, 0.3) is 0 Å². The molecule has 2 aromatic rings. The third kappa shape index (κ3) is 4.38. The molecular weight excluding hydrogens is 342 g/mol. The predicted molar refractivity (Wildman–Crippen MR) is 95.2 cm³/mol. The number of carbonyl (C=O) groups is 1. The Kier molecular flexibility index (Phi) is 5.71. The Balaban J connectivity index is 1.84. The summed E-state index contributed by atoms with van der Waals surface area (Å²) in [7, 11) is 0. The number of amides is 1. The highest BCUT2D eigenvalue weighted by Crippen LogP contribution is 2.37. The van der Waals surface area contributed by atoms with E-state index in [1.807, 2.05) is 35.2 Å². The van der Waals surface area contributed by atoms with Gasteiger partial charge in [0.2, 0.25) is 5.91 Å². The average molecular weight is 362 g/mol. The molecule has 0 aromatic heterocycles. The Morgan fingerprint density at radius 3 is 2.40 bits per heavy atom. The summed E-state index contributed by atoms with van der Waals surface area (Å²) in [5.41, 5.74) is 6.76. The number of carbonyl (C=O) groups excluding carboxylic acids is 1. The Bertz CT molecular complexity index is 733. The van der Waals surface area contributed by atoms with Gasteiger partial charge < -0.3 is 10.6 Å². The molecule has 0 aliphatic carbocycles. The topological polar surface area (TPSA) is 46.3 Å². The van der Waals surface area contributed by atoms with Crippen LogP contribution in [0, 0.1) is 11.6 Å². The van der Waals surface area contributed by atoms with Crippen LogP contribution in [0.3, 0.4) is 0 Å². The Labute approximate surface area is 150 Å². The highest BCUT2D eigenvalue weighted by Gasteiger charge is 2.29. The van der Waals surface area contributed by atoms with E-state index in [0.29, 0.717) is 18.0 Å². The van der Waals surface area contributed by atoms with E-state index in [4.69, 9.17) is 5.73 Å². The van der Waals surface area contributed by atoms with Gasteiger partial charge in [0.1, 0.15) is 5.25 Å². The van der Waals surface area contributed by atoms with Crippen LogP contribution in [0.4, 0.5) is 8.78 Å². The van der Waals surface area contributed by atoms with E-state index < -0.39 is 16.9 Å². The molecule has 25 heavy (non-hydrogen) atoms. The van der Waals surface area contributed by atoms with E-state index in [0.717, 1.165) is 30.5 Å². The SMILES string of the molecule is NC1CCN(C(=O)C(Sc2ccc(F)c(F)c2)c2ccccc2)CC1. The van der Waals surface area contributed by atoms with Gasteiger partial charge in [0, 0.05) is 24.0 Å². The van der Waals surface area contributed by atoms with Gasteiger partial charge in [0.05, 0.1) is 0 Å². The second kappa shape index (κ2) is 7.97. The monoisotopic (exact) mass is 362 g/mol. The van der Waals surface area contributed by atoms with Gasteiger partial charge in [0.25, 0.3) is 0 Å². The number of hydrogen-bond acceptors (Lipinski definition) is 3. The lowest BCUT2D eigenvalue weighted by Gasteiger charge is -2.33. The summed E-state index contributed by atoms with van der Waals surface area (Å²) >= 11 is 1.24. The molecule has 2 N–H and O–H groups in total. The summed E-state index contributed by atoms with van der Waals surface area (Å²) in [6.45, 7) is 1.25. The molecule has 1 aliphatic rings. The normalized spacial score (nSPS) is 16.7. The van der Waals surface area contributed by atoms with Gasteiger partial charge in [-0.1, -0.05) is 30.3 Å². The largest absolute Gasteiger partial charge is 0.341 e. The summed E-state index contributed by atoms with van der Waals surface area (Å²) in [4.78, 5) is 15.4. The lowest BCUT2D eigenvalue weighted by atomic mass is 10.0. The number of halogens is 2. The van der Waals surface area contributed by atoms with Crippen molar-refractivity contribution in [2.45, 2.75) is 29.0 Å². The number of likely N-dealkylation sites (tertiary alicyclic amines) is 1. The molecule has 1 aliphatic heterocycles. The van der Waals surface area contributed by atoms with Crippen LogP contribution in [0.2, 0.25) is 0 Å². The first-order chi connectivity index (χ1) is 12.0. The van der Waals surface area contributed by atoms with Crippen molar-refractivity contribution in [3.8, 4) is 0 Å². The van der Waals surface area contributed by atoms with E-state index in [1.165, 1.54) is 17.8 Å². The third-order valence-corrected chi connectivity index (χ3v) is 5.56. The zero-order valence-corrected chi connectivity index (χ0v) is 14.5. The summed E-state index contributed by atoms with van der Waals surface area (Å²) < 4.78 is 26.7. The Morgan fingerprint density at radius 1 is 1.08 bits per heavy atom. The van der Waals surface area contributed by atoms with E-state index in [2.05, 4.69) is 0 Å². The van der Waals surface area contributed by atoms with Gasteiger partial charge in [0.15, 0.2) is 11.6 Å². The third-order valence-electron chi connectivity index (χ3n) is 4.32. The fraction of sp³-hybridized carbons (Fsp3) is 0.316. The molecule has 132 valence electrons. The lowest BCUT2D eigenvalue weighted by Crippen LogP contribution is -2.44. The molecule has 0 spiro atoms. The van der Waals surface area contributed by atoms with Crippen LogP contribution < -0.4 is 5.73 Å². The van der Waals surface area contributed by atoms with Crippen molar-refractivity contribution in [2.24, 2.45) is 5.73 Å². The van der Waals surface area contributed by atoms with Crippen molar-refractivity contribution >= 4 is 17.7 Å². The molecule has 1 atom stereocenters. The number of rotatable bonds is 4. The average Bonchev–Trinajstić information content (AvgIpc) is 2.63. The summed E-state index contributed by atoms with van der Waals surface area (Å²) in [5.74, 6) is -1.82. The van der Waals surface area contributed by atoms with Crippen molar-refractivity contribution in [1.82, 2.24) is 4.90 Å². The molecule has 1 fully saturated rings. The molecule has 2 aromatic carbocycles. The number of nitrogens with two attached hydrogens (primary N) is 1. The molecule has 3 nitrogen and oxygen atoms in total. The molecule has 6 heteroatoms. The van der Waals surface area contributed by atoms with Crippen molar-refractivity contribution < 1.29 is 13.6 Å². The second-order valence-corrected chi connectivity index (χ2v) is 7.33. The van der Waals surface area contributed by atoms with Crippen molar-refractivity contribution in [2.75, 3.05) is 13.1 Å². The van der Waals surface area contributed by atoms with Crippen LogP contribution in [-0.4, -0.2) is 29.9 Å². The van der Waals surface area contributed by atoms with E-state index in [-0.39, 0.29) is 11.9 Å². The minimum absolute atomic E-state index is 0.0205. The molecule has 0 radical (unpaired) electrons. The van der Waals surface area contributed by atoms with E-state index >= 15 is 0 Å². The van der Waals surface area contributed by atoms with Crippen LogP contribution in [-0.2, 0) is 4.79 Å². The van der Waals surface area contributed by atoms with E-state index in [9.17, 15) is 13.6 Å². The van der Waals surface area contributed by atoms with Gasteiger partial charge >= 0.3 is 0 Å². The molecule has 1 heterocycles. The fourth-order valence-electron chi connectivity index (χ4n) is 2.86. The zero-order chi connectivity index (χ0) is 17.8. The van der Waals surface area contributed by atoms with Gasteiger partial charge in [-0.25, -0.2) is 8.78 Å². The Morgan fingerprint density at radius 2 is 1.76 bits per heavy atom. The number of piperidine rings is 1. The number of thioether (sulfide) groups is 1. The van der Waals surface area contributed by atoms with Gasteiger partial charge in [-0.2, -0.15) is 0 Å². The van der Waals surface area contributed by atoms with Crippen molar-refractivity contribution in [3.05, 3.63) is 65.7 Å². The van der Waals surface area contributed by atoms with Crippen molar-refractivity contribution in [3.63, 3.8) is 0 Å². The minimum atomic E-state index is -0.909. The van der Waals surface area contributed by atoms with Gasteiger partial charge in [-0.05, 0) is 36.6 Å². The van der Waals surface area contributed by atoms with Crippen molar-refractivity contribution in [1.29, 1.82) is 0 Å². The zero-order valence-electron chi connectivity index (χ0n) is 13.7. The molecule has 1 saturated heterocycles. The number of benzene rings is 2. The molecule has 0 bridgehead atoms. The summed E-state index contributed by atoms with van der Waals surface area (Å²) in [5, 5.41) is -0.500. The summed E-state index contributed by atoms with van der Waals surface area (Å²) in [6.07, 6.45) is 1.56. The highest BCUT2D eigenvalue weighted by molar-refractivity contribution is 8.00. The van der Waals surface area contributed by atoms with Gasteiger partial charge in [-0.15, -0.1) is 11.8 Å². The standard InChI is InChI=1S/C19H20F2N2OS/c20-16-7-6-15(12-17(16)21)25-18(13-4-2-1-3-5-13)19(24)23-10-8-14(22)9-11-23/h1-7,12,14,18H,8-11,22H2. The molecule has 3 rings (SSSR count). The Hall–Kier alpha value is -1.92. The maximum absolute atomic E-state index is 13.5. The molecular formula is C19H20F2N2OS. The lowest BCUT2D eigenvalue weighted by molar-refractivity contribution is -0.131. The molecule has 1 amide bonds. The first-order valence-electron chi connectivity index (χ1n) is 8.25. The van der Waals surface area contributed by atoms with Crippen LogP contribution in [0.15, 0.2) is 53.4 Å². The predicted octanol–water partition coefficient (Wildman–Crippen LogP) is 3.75. The van der Waals surface area contributed by atoms with Gasteiger partial charge in [-0.3, -0.25) is 4.79 Å².